The van der Waals surface area contributed by atoms with Crippen LogP contribution in [-0.4, -0.2) is 67.6 Å². The molecule has 1 saturated heterocycles. The molecule has 8 heteroatoms. The average molecular weight is 404 g/mol. The molecule has 1 atom stereocenters. The van der Waals surface area contributed by atoms with E-state index in [4.69, 9.17) is 4.74 Å². The predicted octanol–water partition coefficient (Wildman–Crippen LogP) is 2.52. The maximum Gasteiger partial charge on any atom is 0.409 e. The lowest BCUT2D eigenvalue weighted by atomic mass is 10.1. The molecule has 2 rings (SSSR count). The first-order valence-corrected chi connectivity index (χ1v) is 10.3. The second-order valence-corrected chi connectivity index (χ2v) is 7.07. The highest BCUT2D eigenvalue weighted by Gasteiger charge is 2.23. The summed E-state index contributed by atoms with van der Waals surface area (Å²) in [5.41, 5.74) is 1.85. The zero-order chi connectivity index (χ0) is 21.2. The van der Waals surface area contributed by atoms with E-state index in [0.717, 1.165) is 23.6 Å². The lowest BCUT2D eigenvalue weighted by molar-refractivity contribution is -0.119. The quantitative estimate of drug-likeness (QED) is 0.563. The number of piperazine rings is 1. The van der Waals surface area contributed by atoms with Gasteiger partial charge in [0.15, 0.2) is 5.96 Å². The fourth-order valence-electron chi connectivity index (χ4n) is 3.04. The Hall–Kier alpha value is -2.77. The van der Waals surface area contributed by atoms with Crippen LogP contribution in [0.3, 0.4) is 0 Å². The molecule has 2 amide bonds. The van der Waals surface area contributed by atoms with Crippen molar-refractivity contribution in [2.45, 2.75) is 33.7 Å². The van der Waals surface area contributed by atoms with E-state index in [1.807, 2.05) is 45.0 Å². The van der Waals surface area contributed by atoms with E-state index < -0.39 is 0 Å². The lowest BCUT2D eigenvalue weighted by Gasteiger charge is -2.35. The molecule has 1 fully saturated rings. The van der Waals surface area contributed by atoms with Gasteiger partial charge in [-0.15, -0.1) is 0 Å². The van der Waals surface area contributed by atoms with Gasteiger partial charge in [-0.25, -0.2) is 4.79 Å². The van der Waals surface area contributed by atoms with Crippen LogP contribution >= 0.6 is 0 Å². The Morgan fingerprint density at radius 3 is 2.48 bits per heavy atom. The van der Waals surface area contributed by atoms with E-state index in [1.54, 1.807) is 11.9 Å². The van der Waals surface area contributed by atoms with Crippen LogP contribution < -0.4 is 10.6 Å². The van der Waals surface area contributed by atoms with E-state index in [1.165, 1.54) is 0 Å². The number of nitrogens with one attached hydrogen (secondary N) is 2. The molecular weight excluding hydrogens is 370 g/mol. The molecule has 2 N–H and O–H groups in total. The molecular formula is C21H33N5O3. The monoisotopic (exact) mass is 403 g/mol. The van der Waals surface area contributed by atoms with Gasteiger partial charge in [-0.1, -0.05) is 26.0 Å². The normalized spacial score (nSPS) is 15.7. The van der Waals surface area contributed by atoms with Gasteiger partial charge in [-0.05, 0) is 31.0 Å². The van der Waals surface area contributed by atoms with E-state index >= 15 is 0 Å². The highest BCUT2D eigenvalue weighted by atomic mass is 16.6. The molecule has 1 unspecified atom stereocenters. The van der Waals surface area contributed by atoms with Gasteiger partial charge in [-0.2, -0.15) is 0 Å². The van der Waals surface area contributed by atoms with Gasteiger partial charge in [0.1, 0.15) is 0 Å². The number of nitrogens with zero attached hydrogens (tertiary/aromatic N) is 3. The minimum Gasteiger partial charge on any atom is -0.450 e. The van der Waals surface area contributed by atoms with Crippen LogP contribution in [-0.2, 0) is 16.1 Å². The predicted molar refractivity (Wildman–Crippen MR) is 115 cm³/mol. The molecule has 0 bridgehead atoms. The van der Waals surface area contributed by atoms with Crippen molar-refractivity contribution in [2.24, 2.45) is 10.9 Å². The Kier molecular flexibility index (Phi) is 8.76. The summed E-state index contributed by atoms with van der Waals surface area (Å²) in [4.78, 5) is 32.1. The van der Waals surface area contributed by atoms with Gasteiger partial charge in [0.05, 0.1) is 6.61 Å². The van der Waals surface area contributed by atoms with Crippen molar-refractivity contribution in [3.63, 3.8) is 0 Å². The summed E-state index contributed by atoms with van der Waals surface area (Å²) < 4.78 is 5.06. The molecule has 1 aromatic carbocycles. The minimum atomic E-state index is -0.258. The largest absolute Gasteiger partial charge is 0.450 e. The molecule has 0 radical (unpaired) electrons. The zero-order valence-corrected chi connectivity index (χ0v) is 17.9. The van der Waals surface area contributed by atoms with Crippen LogP contribution in [0, 0.1) is 5.92 Å². The zero-order valence-electron chi connectivity index (χ0n) is 17.9. The highest BCUT2D eigenvalue weighted by molar-refractivity contribution is 5.92. The molecule has 1 aliphatic rings. The second-order valence-electron chi connectivity index (χ2n) is 7.07. The first kappa shape index (κ1) is 22.5. The van der Waals surface area contributed by atoms with Crippen LogP contribution in [0.2, 0.25) is 0 Å². The molecule has 160 valence electrons. The molecule has 1 aromatic rings. The molecule has 1 aliphatic heterocycles. The lowest BCUT2D eigenvalue weighted by Crippen LogP contribution is -2.53. The Balaban J connectivity index is 1.88. The van der Waals surface area contributed by atoms with Crippen molar-refractivity contribution in [3.05, 3.63) is 29.8 Å². The molecule has 0 spiro atoms. The maximum absolute atomic E-state index is 12.1. The van der Waals surface area contributed by atoms with Crippen LogP contribution in [0.1, 0.15) is 32.8 Å². The van der Waals surface area contributed by atoms with Crippen molar-refractivity contribution in [2.75, 3.05) is 45.2 Å². The van der Waals surface area contributed by atoms with Crippen molar-refractivity contribution in [1.29, 1.82) is 0 Å². The third-order valence-electron chi connectivity index (χ3n) is 5.02. The number of aliphatic imine (C=N–C) groups is 1. The number of hydrogen-bond acceptors (Lipinski definition) is 4. The fourth-order valence-corrected chi connectivity index (χ4v) is 3.04. The molecule has 0 saturated carbocycles. The van der Waals surface area contributed by atoms with Crippen LogP contribution in [0.25, 0.3) is 0 Å². The van der Waals surface area contributed by atoms with Crippen molar-refractivity contribution in [1.82, 2.24) is 15.1 Å². The summed E-state index contributed by atoms with van der Waals surface area (Å²) in [6, 6.07) is 7.81. The first-order chi connectivity index (χ1) is 14.0. The number of carbonyl (C=O) groups is 2. The number of rotatable bonds is 6. The third kappa shape index (κ3) is 6.66. The van der Waals surface area contributed by atoms with Crippen LogP contribution in [0.5, 0.6) is 0 Å². The number of anilines is 1. The molecule has 1 heterocycles. The van der Waals surface area contributed by atoms with Crippen LogP contribution in [0.4, 0.5) is 10.5 Å². The molecule has 0 aliphatic carbocycles. The second kappa shape index (κ2) is 11.3. The number of carbonyl (C=O) groups excluding carboxylic acids is 2. The van der Waals surface area contributed by atoms with Crippen LogP contribution in [0.15, 0.2) is 29.3 Å². The number of guanidine groups is 1. The van der Waals surface area contributed by atoms with Gasteiger partial charge in [-0.3, -0.25) is 9.79 Å². The van der Waals surface area contributed by atoms with Crippen molar-refractivity contribution in [3.8, 4) is 0 Å². The Bertz CT molecular complexity index is 714. The Morgan fingerprint density at radius 1 is 1.17 bits per heavy atom. The van der Waals surface area contributed by atoms with Crippen molar-refractivity contribution >= 4 is 23.6 Å². The van der Waals surface area contributed by atoms with E-state index in [-0.39, 0.29) is 17.9 Å². The number of amides is 2. The van der Waals surface area contributed by atoms with Gasteiger partial charge in [0, 0.05) is 51.4 Å². The van der Waals surface area contributed by atoms with E-state index in [9.17, 15) is 9.59 Å². The Labute approximate surface area is 173 Å². The molecule has 0 aromatic heterocycles. The summed E-state index contributed by atoms with van der Waals surface area (Å²) in [6.45, 7) is 9.33. The number of benzene rings is 1. The number of hydrogen-bond donors (Lipinski definition) is 2. The summed E-state index contributed by atoms with van der Waals surface area (Å²) >= 11 is 0. The van der Waals surface area contributed by atoms with Gasteiger partial charge in [0.2, 0.25) is 5.91 Å². The van der Waals surface area contributed by atoms with Crippen molar-refractivity contribution < 1.29 is 14.3 Å². The van der Waals surface area contributed by atoms with Gasteiger partial charge >= 0.3 is 6.09 Å². The number of ether oxygens (including phenoxy) is 1. The SMILES string of the molecule is CCOC(=O)N1CCN(C(=NC)NCc2cccc(NC(=O)C(C)CC)c2)CC1. The van der Waals surface area contributed by atoms with E-state index in [2.05, 4.69) is 20.5 Å². The van der Waals surface area contributed by atoms with E-state index in [0.29, 0.717) is 39.3 Å². The molecule has 29 heavy (non-hydrogen) atoms. The smallest absolute Gasteiger partial charge is 0.409 e. The average Bonchev–Trinajstić information content (AvgIpc) is 2.74. The Morgan fingerprint density at radius 2 is 1.86 bits per heavy atom. The van der Waals surface area contributed by atoms with Gasteiger partial charge < -0.3 is 25.2 Å². The minimum absolute atomic E-state index is 0.0103. The first-order valence-electron chi connectivity index (χ1n) is 10.3. The summed E-state index contributed by atoms with van der Waals surface area (Å²) in [5, 5.41) is 6.33. The standard InChI is InChI=1S/C21H33N5O3/c1-5-16(3)19(27)24-18-9-7-8-17(14-18)15-23-20(22-4)25-10-12-26(13-11-25)21(28)29-6-2/h7-9,14,16H,5-6,10-13,15H2,1-4H3,(H,22,23)(H,24,27). The summed E-state index contributed by atoms with van der Waals surface area (Å²) in [5.74, 6) is 0.819. The third-order valence-corrected chi connectivity index (χ3v) is 5.02. The molecule has 8 nitrogen and oxygen atoms in total. The highest BCUT2D eigenvalue weighted by Crippen LogP contribution is 2.13. The topological polar surface area (TPSA) is 86.3 Å². The summed E-state index contributed by atoms with van der Waals surface area (Å²) in [6.07, 6.45) is 0.554. The summed E-state index contributed by atoms with van der Waals surface area (Å²) in [7, 11) is 1.75. The van der Waals surface area contributed by atoms with Gasteiger partial charge in [0.25, 0.3) is 0 Å². The fraction of sp³-hybridized carbons (Fsp3) is 0.571. The maximum atomic E-state index is 12.1.